The quantitative estimate of drug-likeness (QED) is 0.855. The molecule has 3 rings (SSSR count). The van der Waals surface area contributed by atoms with Crippen molar-refractivity contribution in [2.45, 2.75) is 32.1 Å². The molecule has 0 aromatic carbocycles. The lowest BCUT2D eigenvalue weighted by Crippen LogP contribution is -2.38. The Balaban J connectivity index is 1.90. The van der Waals surface area contributed by atoms with Gasteiger partial charge in [0.05, 0.1) is 5.56 Å². The molecule has 1 saturated heterocycles. The summed E-state index contributed by atoms with van der Waals surface area (Å²) in [5.74, 6) is 1.01. The fraction of sp³-hybridized carbons (Fsp3) is 0.600. The van der Waals surface area contributed by atoms with E-state index in [1.807, 2.05) is 6.07 Å². The molecule has 1 fully saturated rings. The van der Waals surface area contributed by atoms with Crippen LogP contribution in [0.25, 0.3) is 0 Å². The minimum atomic E-state index is -0.372. The third-order valence-corrected chi connectivity index (χ3v) is 4.54. The highest BCUT2D eigenvalue weighted by Crippen LogP contribution is 2.29. The zero-order chi connectivity index (χ0) is 14.1. The number of amides is 1. The molecule has 1 amide bonds. The van der Waals surface area contributed by atoms with Crippen LogP contribution in [-0.4, -0.2) is 30.5 Å². The van der Waals surface area contributed by atoms with Gasteiger partial charge in [-0.25, -0.2) is 4.98 Å². The van der Waals surface area contributed by atoms with E-state index in [0.717, 1.165) is 63.3 Å². The number of fused-ring (bicyclic) bond motifs is 1. The van der Waals surface area contributed by atoms with E-state index in [-0.39, 0.29) is 5.91 Å². The molecule has 2 aliphatic rings. The Morgan fingerprint density at radius 3 is 2.75 bits per heavy atom. The molecule has 108 valence electrons. The Labute approximate surface area is 119 Å². The van der Waals surface area contributed by atoms with E-state index >= 15 is 0 Å². The maximum absolute atomic E-state index is 11.7. The molecule has 0 unspecified atom stereocenters. The van der Waals surface area contributed by atoms with Crippen molar-refractivity contribution in [3.63, 3.8) is 0 Å². The van der Waals surface area contributed by atoms with Gasteiger partial charge in [-0.2, -0.15) is 0 Å². The van der Waals surface area contributed by atoms with Crippen molar-refractivity contribution in [3.8, 4) is 0 Å². The van der Waals surface area contributed by atoms with E-state index in [0.29, 0.717) is 11.5 Å². The smallest absolute Gasteiger partial charge is 0.252 e. The van der Waals surface area contributed by atoms with E-state index in [4.69, 9.17) is 16.5 Å². The number of piperidine rings is 1. The Morgan fingerprint density at radius 2 is 2.10 bits per heavy atom. The molecule has 0 spiro atoms. The maximum atomic E-state index is 11.7. The summed E-state index contributed by atoms with van der Waals surface area (Å²) < 4.78 is 0. The number of aryl methyl sites for hydroxylation is 2. The predicted molar refractivity (Wildman–Crippen MR) is 78.8 cm³/mol. The summed E-state index contributed by atoms with van der Waals surface area (Å²) in [6.45, 7) is 2.57. The second kappa shape index (κ2) is 5.40. The molecule has 1 aliphatic heterocycles. The standard InChI is InChI=1S/C15H22N4O/c16-9-10-4-6-19(7-5-10)15-12(14(17)20)8-11-2-1-3-13(11)18-15/h8,10H,1-7,9,16H2,(H2,17,20). The average Bonchev–Trinajstić information content (AvgIpc) is 2.93. The van der Waals surface area contributed by atoms with Gasteiger partial charge in [0.1, 0.15) is 5.82 Å². The lowest BCUT2D eigenvalue weighted by Gasteiger charge is -2.33. The molecule has 0 bridgehead atoms. The zero-order valence-electron chi connectivity index (χ0n) is 11.8. The van der Waals surface area contributed by atoms with Crippen LogP contribution in [-0.2, 0) is 12.8 Å². The summed E-state index contributed by atoms with van der Waals surface area (Å²) in [4.78, 5) is 18.7. The number of carbonyl (C=O) groups excluding carboxylic acids is 1. The number of nitrogens with two attached hydrogens (primary N) is 2. The van der Waals surface area contributed by atoms with Crippen LogP contribution in [0.4, 0.5) is 5.82 Å². The van der Waals surface area contributed by atoms with Crippen LogP contribution in [0.3, 0.4) is 0 Å². The molecule has 0 atom stereocenters. The summed E-state index contributed by atoms with van der Waals surface area (Å²) in [5.41, 5.74) is 14.2. The second-order valence-electron chi connectivity index (χ2n) is 5.85. The van der Waals surface area contributed by atoms with Gasteiger partial charge in [0.15, 0.2) is 0 Å². The molecule has 20 heavy (non-hydrogen) atoms. The molecule has 1 aromatic rings. The SMILES string of the molecule is NCC1CCN(c2nc3c(cc2C(N)=O)CCC3)CC1. The molecule has 0 radical (unpaired) electrons. The van der Waals surface area contributed by atoms with Crippen LogP contribution in [0.15, 0.2) is 6.07 Å². The summed E-state index contributed by atoms with van der Waals surface area (Å²) >= 11 is 0. The molecule has 0 saturated carbocycles. The van der Waals surface area contributed by atoms with E-state index in [9.17, 15) is 4.79 Å². The van der Waals surface area contributed by atoms with Crippen molar-refractivity contribution >= 4 is 11.7 Å². The number of hydrogen-bond donors (Lipinski definition) is 2. The van der Waals surface area contributed by atoms with Gasteiger partial charge in [-0.15, -0.1) is 0 Å². The minimum absolute atomic E-state index is 0.372. The first-order valence-corrected chi connectivity index (χ1v) is 7.46. The summed E-state index contributed by atoms with van der Waals surface area (Å²) in [7, 11) is 0. The lowest BCUT2D eigenvalue weighted by molar-refractivity contribution is 0.1000. The van der Waals surface area contributed by atoms with Gasteiger partial charge in [-0.3, -0.25) is 4.79 Å². The Hall–Kier alpha value is -1.62. The maximum Gasteiger partial charge on any atom is 0.252 e. The Bertz CT molecular complexity index is 521. The van der Waals surface area contributed by atoms with Gasteiger partial charge in [0.25, 0.3) is 5.91 Å². The zero-order valence-corrected chi connectivity index (χ0v) is 11.8. The normalized spacial score (nSPS) is 19.1. The molecular formula is C15H22N4O. The van der Waals surface area contributed by atoms with Gasteiger partial charge in [0, 0.05) is 18.8 Å². The fourth-order valence-corrected chi connectivity index (χ4v) is 3.26. The second-order valence-corrected chi connectivity index (χ2v) is 5.85. The van der Waals surface area contributed by atoms with Crippen LogP contribution in [0.1, 0.15) is 40.9 Å². The summed E-state index contributed by atoms with van der Waals surface area (Å²) in [5, 5.41) is 0. The lowest BCUT2D eigenvalue weighted by atomic mass is 9.96. The largest absolute Gasteiger partial charge is 0.365 e. The van der Waals surface area contributed by atoms with Crippen molar-refractivity contribution < 1.29 is 4.79 Å². The molecule has 5 nitrogen and oxygen atoms in total. The molecular weight excluding hydrogens is 252 g/mol. The highest BCUT2D eigenvalue weighted by atomic mass is 16.1. The number of pyridine rings is 1. The first kappa shape index (κ1) is 13.4. The van der Waals surface area contributed by atoms with E-state index < -0.39 is 0 Å². The van der Waals surface area contributed by atoms with Gasteiger partial charge in [-0.1, -0.05) is 0 Å². The van der Waals surface area contributed by atoms with Crippen molar-refractivity contribution in [2.75, 3.05) is 24.5 Å². The molecule has 1 aliphatic carbocycles. The molecule has 1 aromatic heterocycles. The van der Waals surface area contributed by atoms with E-state index in [1.165, 1.54) is 5.56 Å². The summed E-state index contributed by atoms with van der Waals surface area (Å²) in [6, 6.07) is 1.96. The first-order chi connectivity index (χ1) is 9.69. The van der Waals surface area contributed by atoms with E-state index in [2.05, 4.69) is 4.90 Å². The van der Waals surface area contributed by atoms with Crippen LogP contribution < -0.4 is 16.4 Å². The third-order valence-electron chi connectivity index (χ3n) is 4.54. The highest BCUT2D eigenvalue weighted by molar-refractivity contribution is 5.98. The molecule has 4 N–H and O–H groups in total. The number of hydrogen-bond acceptors (Lipinski definition) is 4. The number of aromatic nitrogens is 1. The van der Waals surface area contributed by atoms with Gasteiger partial charge < -0.3 is 16.4 Å². The van der Waals surface area contributed by atoms with Crippen molar-refractivity contribution in [3.05, 3.63) is 22.9 Å². The van der Waals surface area contributed by atoms with Crippen LogP contribution >= 0.6 is 0 Å². The van der Waals surface area contributed by atoms with Crippen LogP contribution in [0.5, 0.6) is 0 Å². The highest BCUT2D eigenvalue weighted by Gasteiger charge is 2.25. The average molecular weight is 274 g/mol. The fourth-order valence-electron chi connectivity index (χ4n) is 3.26. The van der Waals surface area contributed by atoms with Crippen molar-refractivity contribution in [1.29, 1.82) is 0 Å². The molecule has 5 heteroatoms. The van der Waals surface area contributed by atoms with Crippen LogP contribution in [0.2, 0.25) is 0 Å². The van der Waals surface area contributed by atoms with Crippen molar-refractivity contribution in [1.82, 2.24) is 4.98 Å². The number of carbonyl (C=O) groups is 1. The molecule has 2 heterocycles. The number of nitrogens with zero attached hydrogens (tertiary/aromatic N) is 2. The minimum Gasteiger partial charge on any atom is -0.365 e. The van der Waals surface area contributed by atoms with Gasteiger partial charge in [-0.05, 0) is 56.2 Å². The monoisotopic (exact) mass is 274 g/mol. The number of primary amides is 1. The Kier molecular flexibility index (Phi) is 3.61. The van der Waals surface area contributed by atoms with Crippen LogP contribution in [0, 0.1) is 5.92 Å². The first-order valence-electron chi connectivity index (χ1n) is 7.46. The number of rotatable bonds is 3. The van der Waals surface area contributed by atoms with Crippen molar-refractivity contribution in [2.24, 2.45) is 17.4 Å². The summed E-state index contributed by atoms with van der Waals surface area (Å²) in [6.07, 6.45) is 5.28. The number of anilines is 1. The van der Waals surface area contributed by atoms with Gasteiger partial charge >= 0.3 is 0 Å². The van der Waals surface area contributed by atoms with Gasteiger partial charge in [0.2, 0.25) is 0 Å². The topological polar surface area (TPSA) is 85.2 Å². The predicted octanol–water partition coefficient (Wildman–Crippen LogP) is 0.844. The third kappa shape index (κ3) is 2.38. The Morgan fingerprint density at radius 1 is 1.35 bits per heavy atom. The van der Waals surface area contributed by atoms with E-state index in [1.54, 1.807) is 0 Å².